The molecule has 0 radical (unpaired) electrons. The lowest BCUT2D eigenvalue weighted by Crippen LogP contribution is -1.92. The molecule has 2 aromatic heterocycles. The van der Waals surface area contributed by atoms with Gasteiger partial charge in [0.05, 0.1) is 17.6 Å². The van der Waals surface area contributed by atoms with Gasteiger partial charge in [-0.25, -0.2) is 9.97 Å². The topological polar surface area (TPSA) is 64.7 Å². The molecule has 0 aliphatic heterocycles. The fraction of sp³-hybridized carbons (Fsp3) is 0.125. The van der Waals surface area contributed by atoms with E-state index in [1.54, 1.807) is 18.5 Å². The van der Waals surface area contributed by atoms with E-state index >= 15 is 0 Å². The van der Waals surface area contributed by atoms with Gasteiger partial charge in [-0.2, -0.15) is 0 Å². The number of pyridine rings is 1. The summed E-state index contributed by atoms with van der Waals surface area (Å²) in [5.74, 6) is 0. The summed E-state index contributed by atoms with van der Waals surface area (Å²) in [6.07, 6.45) is 3.28. The van der Waals surface area contributed by atoms with Gasteiger partial charge in [-0.15, -0.1) is 0 Å². The average molecular weight is 160 g/mol. The first-order chi connectivity index (χ1) is 5.75. The molecular formula is C8H8N4. The minimum absolute atomic E-state index is 0.612. The van der Waals surface area contributed by atoms with E-state index in [-0.39, 0.29) is 0 Å². The molecule has 0 fully saturated rings. The van der Waals surface area contributed by atoms with Gasteiger partial charge >= 0.3 is 0 Å². The monoisotopic (exact) mass is 160 g/mol. The van der Waals surface area contributed by atoms with E-state index < -0.39 is 0 Å². The van der Waals surface area contributed by atoms with Gasteiger partial charge in [0.1, 0.15) is 5.52 Å². The largest absolute Gasteiger partial charge is 0.397 e. The van der Waals surface area contributed by atoms with E-state index in [1.807, 2.05) is 6.92 Å². The van der Waals surface area contributed by atoms with Gasteiger partial charge in [0.15, 0.2) is 5.65 Å². The fourth-order valence-corrected chi connectivity index (χ4v) is 1.00. The number of nitrogen functional groups attached to an aromatic ring is 1. The quantitative estimate of drug-likeness (QED) is 0.622. The van der Waals surface area contributed by atoms with Crippen LogP contribution in [0.5, 0.6) is 0 Å². The summed E-state index contributed by atoms with van der Waals surface area (Å²) in [5.41, 5.74) is 8.38. The number of aryl methyl sites for hydroxylation is 1. The summed E-state index contributed by atoms with van der Waals surface area (Å²) in [7, 11) is 0. The van der Waals surface area contributed by atoms with Gasteiger partial charge in [-0.05, 0) is 13.0 Å². The van der Waals surface area contributed by atoms with Crippen molar-refractivity contribution in [3.63, 3.8) is 0 Å². The Hall–Kier alpha value is -1.71. The predicted molar refractivity (Wildman–Crippen MR) is 46.5 cm³/mol. The maximum Gasteiger partial charge on any atom is 0.178 e. The average Bonchev–Trinajstić information content (AvgIpc) is 2.05. The van der Waals surface area contributed by atoms with Crippen molar-refractivity contribution >= 4 is 16.9 Å². The number of rotatable bonds is 0. The Morgan fingerprint density at radius 2 is 2.08 bits per heavy atom. The smallest absolute Gasteiger partial charge is 0.178 e. The van der Waals surface area contributed by atoms with Crippen molar-refractivity contribution in [2.75, 3.05) is 5.73 Å². The SMILES string of the molecule is Cc1cnc2cc(N)cnc2n1. The molecule has 2 rings (SSSR count). The molecule has 2 heterocycles. The fourth-order valence-electron chi connectivity index (χ4n) is 1.00. The first-order valence-corrected chi connectivity index (χ1v) is 3.60. The molecule has 4 nitrogen and oxygen atoms in total. The zero-order valence-corrected chi connectivity index (χ0v) is 6.65. The number of aromatic nitrogens is 3. The van der Waals surface area contributed by atoms with Crippen molar-refractivity contribution in [3.05, 3.63) is 24.2 Å². The molecule has 0 saturated carbocycles. The number of hydrogen-bond acceptors (Lipinski definition) is 4. The third-order valence-electron chi connectivity index (χ3n) is 1.54. The summed E-state index contributed by atoms with van der Waals surface area (Å²) in [4.78, 5) is 12.4. The van der Waals surface area contributed by atoms with E-state index in [9.17, 15) is 0 Å². The van der Waals surface area contributed by atoms with E-state index in [4.69, 9.17) is 5.73 Å². The highest BCUT2D eigenvalue weighted by Gasteiger charge is 1.97. The molecule has 0 atom stereocenters. The zero-order valence-electron chi connectivity index (χ0n) is 6.65. The summed E-state index contributed by atoms with van der Waals surface area (Å²) >= 11 is 0. The molecule has 0 spiro atoms. The third kappa shape index (κ3) is 1.07. The molecule has 0 aliphatic rings. The van der Waals surface area contributed by atoms with Crippen molar-refractivity contribution in [2.45, 2.75) is 6.92 Å². The molecule has 4 heteroatoms. The molecule has 2 aromatic rings. The Morgan fingerprint density at radius 1 is 1.25 bits per heavy atom. The summed E-state index contributed by atoms with van der Waals surface area (Å²) in [6, 6.07) is 1.76. The standard InChI is InChI=1S/C8H8N4/c1-5-3-10-7-2-6(9)4-11-8(7)12-5/h2-4H,9H2,1H3. The second-order valence-electron chi connectivity index (χ2n) is 2.62. The van der Waals surface area contributed by atoms with Gasteiger partial charge in [0, 0.05) is 6.20 Å². The van der Waals surface area contributed by atoms with Crippen molar-refractivity contribution in [1.82, 2.24) is 15.0 Å². The summed E-state index contributed by atoms with van der Waals surface area (Å²) < 4.78 is 0. The first-order valence-electron chi connectivity index (χ1n) is 3.60. The number of fused-ring (bicyclic) bond motifs is 1. The van der Waals surface area contributed by atoms with Crippen molar-refractivity contribution in [3.8, 4) is 0 Å². The maximum atomic E-state index is 5.53. The molecule has 0 saturated heterocycles. The van der Waals surface area contributed by atoms with Crippen LogP contribution in [-0.2, 0) is 0 Å². The Labute approximate surface area is 69.5 Å². The number of nitrogens with zero attached hydrogens (tertiary/aromatic N) is 3. The number of nitrogens with two attached hydrogens (primary N) is 1. The summed E-state index contributed by atoms with van der Waals surface area (Å²) in [6.45, 7) is 1.88. The van der Waals surface area contributed by atoms with Crippen LogP contribution in [0.4, 0.5) is 5.69 Å². The predicted octanol–water partition coefficient (Wildman–Crippen LogP) is 0.915. The van der Waals surface area contributed by atoms with Crippen molar-refractivity contribution < 1.29 is 0 Å². The molecule has 0 amide bonds. The van der Waals surface area contributed by atoms with Crippen LogP contribution >= 0.6 is 0 Å². The number of hydrogen-bond donors (Lipinski definition) is 1. The molecular weight excluding hydrogens is 152 g/mol. The zero-order chi connectivity index (χ0) is 8.55. The van der Waals surface area contributed by atoms with E-state index in [2.05, 4.69) is 15.0 Å². The molecule has 0 aromatic carbocycles. The molecule has 0 aliphatic carbocycles. The Kier molecular flexibility index (Phi) is 1.40. The molecule has 0 bridgehead atoms. The Morgan fingerprint density at radius 3 is 2.92 bits per heavy atom. The van der Waals surface area contributed by atoms with Crippen LogP contribution in [0, 0.1) is 6.92 Å². The van der Waals surface area contributed by atoms with Crippen molar-refractivity contribution in [2.24, 2.45) is 0 Å². The van der Waals surface area contributed by atoms with Crippen molar-refractivity contribution in [1.29, 1.82) is 0 Å². The normalized spacial score (nSPS) is 10.4. The highest BCUT2D eigenvalue weighted by molar-refractivity contribution is 5.72. The van der Waals surface area contributed by atoms with Crippen LogP contribution in [0.15, 0.2) is 18.5 Å². The molecule has 2 N–H and O–H groups in total. The minimum atomic E-state index is 0.612. The second-order valence-corrected chi connectivity index (χ2v) is 2.62. The van der Waals surface area contributed by atoms with Crippen LogP contribution in [0.2, 0.25) is 0 Å². The molecule has 12 heavy (non-hydrogen) atoms. The maximum absolute atomic E-state index is 5.53. The lowest BCUT2D eigenvalue weighted by molar-refractivity contribution is 1.15. The lowest BCUT2D eigenvalue weighted by Gasteiger charge is -1.97. The van der Waals surface area contributed by atoms with E-state index in [1.165, 1.54) is 0 Å². The van der Waals surface area contributed by atoms with Gasteiger partial charge in [-0.3, -0.25) is 4.98 Å². The summed E-state index contributed by atoms with van der Waals surface area (Å²) in [5, 5.41) is 0. The number of anilines is 1. The van der Waals surface area contributed by atoms with Crippen LogP contribution in [0.3, 0.4) is 0 Å². The van der Waals surface area contributed by atoms with Gasteiger partial charge < -0.3 is 5.73 Å². The molecule has 0 unspecified atom stereocenters. The molecule has 60 valence electrons. The van der Waals surface area contributed by atoms with Gasteiger partial charge in [-0.1, -0.05) is 0 Å². The minimum Gasteiger partial charge on any atom is -0.397 e. The third-order valence-corrected chi connectivity index (χ3v) is 1.54. The second kappa shape index (κ2) is 2.41. The van der Waals surface area contributed by atoms with E-state index in [0.717, 1.165) is 11.2 Å². The Bertz CT molecular complexity index is 383. The highest BCUT2D eigenvalue weighted by Crippen LogP contribution is 2.09. The van der Waals surface area contributed by atoms with E-state index in [0.29, 0.717) is 11.3 Å². The van der Waals surface area contributed by atoms with Gasteiger partial charge in [0.2, 0.25) is 0 Å². The van der Waals surface area contributed by atoms with Crippen LogP contribution in [-0.4, -0.2) is 15.0 Å². The van der Waals surface area contributed by atoms with Crippen LogP contribution in [0.25, 0.3) is 11.2 Å². The Balaban J connectivity index is 2.79. The highest BCUT2D eigenvalue weighted by atomic mass is 14.9. The van der Waals surface area contributed by atoms with Crippen LogP contribution < -0.4 is 5.73 Å². The first kappa shape index (κ1) is 6.97. The van der Waals surface area contributed by atoms with Crippen LogP contribution in [0.1, 0.15) is 5.69 Å². The van der Waals surface area contributed by atoms with Gasteiger partial charge in [0.25, 0.3) is 0 Å². The lowest BCUT2D eigenvalue weighted by atomic mass is 10.3.